The van der Waals surface area contributed by atoms with Crippen LogP contribution >= 0.6 is 23.4 Å². The van der Waals surface area contributed by atoms with Gasteiger partial charge in [0.05, 0.1) is 15.8 Å². The molecule has 3 rings (SSSR count). The molecule has 1 atom stereocenters. The minimum absolute atomic E-state index is 0.0500. The fourth-order valence-electron chi connectivity index (χ4n) is 2.23. The Morgan fingerprint density at radius 3 is 2.85 bits per heavy atom. The van der Waals surface area contributed by atoms with Gasteiger partial charge in [-0.25, -0.2) is 0 Å². The minimum atomic E-state index is -0.484. The van der Waals surface area contributed by atoms with E-state index < -0.39 is 4.92 Å². The van der Waals surface area contributed by atoms with Gasteiger partial charge in [-0.2, -0.15) is 5.10 Å². The molecule has 0 aliphatic rings. The van der Waals surface area contributed by atoms with Gasteiger partial charge in [-0.1, -0.05) is 35.5 Å². The molecule has 26 heavy (non-hydrogen) atoms. The van der Waals surface area contributed by atoms with Crippen LogP contribution in [0.1, 0.15) is 18.9 Å². The predicted molar refractivity (Wildman–Crippen MR) is 96.2 cm³/mol. The van der Waals surface area contributed by atoms with Crippen LogP contribution in [0.25, 0.3) is 0 Å². The quantitative estimate of drug-likeness (QED) is 0.343. The number of para-hydroxylation sites is 1. The highest BCUT2D eigenvalue weighted by Gasteiger charge is 2.18. The molecule has 136 valence electrons. The summed E-state index contributed by atoms with van der Waals surface area (Å²) in [4.78, 5) is 10.2. The maximum Gasteiger partial charge on any atom is 0.307 e. The van der Waals surface area contributed by atoms with Gasteiger partial charge in [0, 0.05) is 7.05 Å². The molecule has 0 saturated heterocycles. The van der Waals surface area contributed by atoms with E-state index in [9.17, 15) is 10.1 Å². The molecule has 0 saturated carbocycles. The summed E-state index contributed by atoms with van der Waals surface area (Å²) in [6.45, 7) is 1.86. The van der Waals surface area contributed by atoms with Crippen LogP contribution < -0.4 is 4.74 Å². The Kier molecular flexibility index (Phi) is 5.43. The number of thioether (sulfide) groups is 1. The lowest BCUT2D eigenvalue weighted by molar-refractivity contribution is -0.385. The largest absolute Gasteiger partial charge is 0.481 e. The van der Waals surface area contributed by atoms with Crippen molar-refractivity contribution in [1.29, 1.82) is 0 Å². The number of nitrogens with zero attached hydrogens (tertiary/aromatic N) is 6. The summed E-state index contributed by atoms with van der Waals surface area (Å²) >= 11 is 7.47. The third-order valence-electron chi connectivity index (χ3n) is 3.53. The molecule has 2 heterocycles. The van der Waals surface area contributed by atoms with Crippen molar-refractivity contribution in [1.82, 2.24) is 24.5 Å². The summed E-state index contributed by atoms with van der Waals surface area (Å²) in [5, 5.41) is 24.1. The summed E-state index contributed by atoms with van der Waals surface area (Å²) in [6, 6.07) is 7.21. The number of ether oxygens (including phenoxy) is 1. The maximum atomic E-state index is 10.7. The van der Waals surface area contributed by atoms with Gasteiger partial charge >= 0.3 is 5.69 Å². The second kappa shape index (κ2) is 7.75. The minimum Gasteiger partial charge on any atom is -0.481 e. The summed E-state index contributed by atoms with van der Waals surface area (Å²) in [5.41, 5.74) is -0.0500. The molecular weight excluding hydrogens is 380 g/mol. The van der Waals surface area contributed by atoms with Crippen LogP contribution in [0.4, 0.5) is 5.69 Å². The second-order valence-electron chi connectivity index (χ2n) is 5.36. The Morgan fingerprint density at radius 1 is 1.38 bits per heavy atom. The summed E-state index contributed by atoms with van der Waals surface area (Å²) in [7, 11) is 1.83. The Balaban J connectivity index is 1.67. The van der Waals surface area contributed by atoms with Gasteiger partial charge < -0.3 is 9.30 Å². The van der Waals surface area contributed by atoms with E-state index in [1.54, 1.807) is 12.1 Å². The number of benzene rings is 1. The summed E-state index contributed by atoms with van der Waals surface area (Å²) in [6.07, 6.45) is 2.22. The highest BCUT2D eigenvalue weighted by atomic mass is 35.5. The first-order valence-corrected chi connectivity index (χ1v) is 8.92. The highest BCUT2D eigenvalue weighted by molar-refractivity contribution is 7.98. The molecule has 0 fully saturated rings. The third-order valence-corrected chi connectivity index (χ3v) is 4.85. The highest BCUT2D eigenvalue weighted by Crippen LogP contribution is 2.29. The van der Waals surface area contributed by atoms with Gasteiger partial charge in [0.25, 0.3) is 0 Å². The van der Waals surface area contributed by atoms with Gasteiger partial charge in [0.2, 0.25) is 0 Å². The van der Waals surface area contributed by atoms with E-state index in [0.717, 1.165) is 0 Å². The SMILES string of the molecule is CC(Oc1ccccc1Cl)c1nnc(SCn2cc([N+](=O)[O-])cn2)n1C. The van der Waals surface area contributed by atoms with Crippen molar-refractivity contribution in [3.8, 4) is 5.75 Å². The molecule has 3 aromatic rings. The normalized spacial score (nSPS) is 12.1. The Morgan fingerprint density at radius 2 is 2.15 bits per heavy atom. The van der Waals surface area contributed by atoms with Gasteiger partial charge in [-0.15, -0.1) is 10.2 Å². The summed E-state index contributed by atoms with van der Waals surface area (Å²) < 4.78 is 9.14. The van der Waals surface area contributed by atoms with E-state index in [2.05, 4.69) is 15.3 Å². The fraction of sp³-hybridized carbons (Fsp3) is 0.267. The van der Waals surface area contributed by atoms with Crippen molar-refractivity contribution in [2.45, 2.75) is 24.1 Å². The molecule has 0 spiro atoms. The molecule has 0 bridgehead atoms. The number of aromatic nitrogens is 5. The van der Waals surface area contributed by atoms with Crippen molar-refractivity contribution in [2.24, 2.45) is 7.05 Å². The van der Waals surface area contributed by atoms with Crippen LogP contribution in [0.2, 0.25) is 5.02 Å². The Bertz CT molecular complexity index is 928. The van der Waals surface area contributed by atoms with Gasteiger partial charge in [0.1, 0.15) is 18.1 Å². The lowest BCUT2D eigenvalue weighted by Gasteiger charge is -2.15. The molecule has 1 unspecified atom stereocenters. The molecule has 0 aliphatic heterocycles. The van der Waals surface area contributed by atoms with Crippen molar-refractivity contribution in [2.75, 3.05) is 0 Å². The molecule has 9 nitrogen and oxygen atoms in total. The molecule has 1 aromatic carbocycles. The van der Waals surface area contributed by atoms with Crippen molar-refractivity contribution >= 4 is 29.1 Å². The van der Waals surface area contributed by atoms with Crippen molar-refractivity contribution < 1.29 is 9.66 Å². The number of hydrogen-bond acceptors (Lipinski definition) is 7. The van der Waals surface area contributed by atoms with E-state index in [-0.39, 0.29) is 11.8 Å². The molecule has 0 amide bonds. The predicted octanol–water partition coefficient (Wildman–Crippen LogP) is 3.46. The first-order chi connectivity index (χ1) is 12.5. The van der Waals surface area contributed by atoms with Crippen LogP contribution in [0, 0.1) is 10.1 Å². The lowest BCUT2D eigenvalue weighted by Crippen LogP contribution is -2.10. The van der Waals surface area contributed by atoms with Crippen LogP contribution in [0.3, 0.4) is 0 Å². The molecule has 0 aliphatic carbocycles. The number of rotatable bonds is 7. The summed E-state index contributed by atoms with van der Waals surface area (Å²) in [5.74, 6) is 1.58. The van der Waals surface area contributed by atoms with E-state index in [0.29, 0.717) is 27.6 Å². The monoisotopic (exact) mass is 394 g/mol. The van der Waals surface area contributed by atoms with Gasteiger partial charge in [-0.3, -0.25) is 14.8 Å². The zero-order valence-corrected chi connectivity index (χ0v) is 15.5. The molecule has 0 radical (unpaired) electrons. The molecule has 11 heteroatoms. The van der Waals surface area contributed by atoms with E-state index in [4.69, 9.17) is 16.3 Å². The Labute approximate surface area is 158 Å². The van der Waals surface area contributed by atoms with Crippen LogP contribution in [-0.2, 0) is 12.9 Å². The first-order valence-electron chi connectivity index (χ1n) is 7.56. The van der Waals surface area contributed by atoms with Crippen LogP contribution in [-0.4, -0.2) is 29.5 Å². The van der Waals surface area contributed by atoms with E-state index >= 15 is 0 Å². The molecule has 0 N–H and O–H groups in total. The topological polar surface area (TPSA) is 101 Å². The van der Waals surface area contributed by atoms with E-state index in [1.165, 1.54) is 28.8 Å². The van der Waals surface area contributed by atoms with Crippen molar-refractivity contribution in [3.05, 3.63) is 57.6 Å². The van der Waals surface area contributed by atoms with Crippen molar-refractivity contribution in [3.63, 3.8) is 0 Å². The average molecular weight is 395 g/mol. The molecule has 2 aromatic heterocycles. The third kappa shape index (κ3) is 3.97. The average Bonchev–Trinajstić information content (AvgIpc) is 3.22. The number of halogens is 1. The number of nitro groups is 1. The standard InChI is InChI=1S/C15H15ClN6O3S/c1-10(25-13-6-4-3-5-12(13)16)14-18-19-15(20(14)2)26-9-21-8-11(7-17-21)22(23)24/h3-8,10H,9H2,1-2H3. The second-order valence-corrected chi connectivity index (χ2v) is 6.68. The van der Waals surface area contributed by atoms with E-state index in [1.807, 2.05) is 30.7 Å². The Hall–Kier alpha value is -2.59. The zero-order chi connectivity index (χ0) is 18.7. The van der Waals surface area contributed by atoms with Gasteiger partial charge in [0.15, 0.2) is 17.1 Å². The van der Waals surface area contributed by atoms with Crippen LogP contribution in [0.15, 0.2) is 41.8 Å². The molecular formula is C15H15ClN6O3S. The van der Waals surface area contributed by atoms with Gasteiger partial charge in [-0.05, 0) is 19.1 Å². The smallest absolute Gasteiger partial charge is 0.307 e. The first kappa shape index (κ1) is 18.2. The zero-order valence-electron chi connectivity index (χ0n) is 13.9. The van der Waals surface area contributed by atoms with Crippen LogP contribution in [0.5, 0.6) is 5.75 Å². The maximum absolute atomic E-state index is 10.7. The fourth-order valence-corrected chi connectivity index (χ4v) is 3.19. The lowest BCUT2D eigenvalue weighted by atomic mass is 10.3. The number of hydrogen-bond donors (Lipinski definition) is 0.